The van der Waals surface area contributed by atoms with Gasteiger partial charge in [0.2, 0.25) is 0 Å². The number of hydrogen-bond acceptors (Lipinski definition) is 6. The van der Waals surface area contributed by atoms with Crippen LogP contribution in [0, 0.1) is 17.0 Å². The Kier molecular flexibility index (Phi) is 7.36. The van der Waals surface area contributed by atoms with Gasteiger partial charge in [-0.2, -0.15) is 0 Å². The first-order chi connectivity index (χ1) is 21.3. The average molecular weight is 593 g/mol. The van der Waals surface area contributed by atoms with Crippen LogP contribution in [-0.2, 0) is 5.41 Å². The van der Waals surface area contributed by atoms with Gasteiger partial charge in [-0.25, -0.2) is 4.98 Å². The third-order valence-electron chi connectivity index (χ3n) is 10.7. The van der Waals surface area contributed by atoms with Crippen molar-refractivity contribution in [1.29, 1.82) is 0 Å². The highest BCUT2D eigenvalue weighted by Crippen LogP contribution is 2.45. The van der Waals surface area contributed by atoms with E-state index in [1.165, 1.54) is 42.1 Å². The van der Waals surface area contributed by atoms with Gasteiger partial charge in [0, 0.05) is 43.3 Å². The van der Waals surface area contributed by atoms with E-state index in [0.29, 0.717) is 36.8 Å². The summed E-state index contributed by atoms with van der Waals surface area (Å²) in [6.07, 6.45) is 7.64. The van der Waals surface area contributed by atoms with Crippen molar-refractivity contribution in [3.05, 3.63) is 99.9 Å². The first-order valence-corrected chi connectivity index (χ1v) is 15.9. The quantitative estimate of drug-likeness (QED) is 0.154. The molecule has 0 spiro atoms. The zero-order valence-corrected chi connectivity index (χ0v) is 25.3. The van der Waals surface area contributed by atoms with Crippen LogP contribution in [0.3, 0.4) is 0 Å². The summed E-state index contributed by atoms with van der Waals surface area (Å²) in [5.41, 5.74) is 10.2. The number of carbonyl (C=O) groups excluding carboxylic acids is 1. The van der Waals surface area contributed by atoms with E-state index in [9.17, 15) is 14.9 Å². The Morgan fingerprint density at radius 1 is 0.977 bits per heavy atom. The molecular weight excluding hydrogens is 552 g/mol. The first-order valence-electron chi connectivity index (χ1n) is 15.9. The molecule has 2 bridgehead atoms. The van der Waals surface area contributed by atoms with Crippen molar-refractivity contribution in [3.63, 3.8) is 0 Å². The van der Waals surface area contributed by atoms with E-state index in [-0.39, 0.29) is 22.7 Å². The van der Waals surface area contributed by atoms with Gasteiger partial charge >= 0.3 is 0 Å². The van der Waals surface area contributed by atoms with Crippen molar-refractivity contribution < 1.29 is 9.72 Å². The van der Waals surface area contributed by atoms with E-state index in [0.717, 1.165) is 50.0 Å². The number of nitrogens with two attached hydrogens (primary N) is 1. The number of non-ortho nitro benzene ring substituents is 1. The molecule has 1 aromatic heterocycles. The van der Waals surface area contributed by atoms with Gasteiger partial charge in [0.05, 0.1) is 27.2 Å². The summed E-state index contributed by atoms with van der Waals surface area (Å²) in [6.45, 7) is 4.47. The number of nitro benzene ring substituents is 1. The molecule has 0 radical (unpaired) electrons. The highest BCUT2D eigenvalue weighted by molar-refractivity contribution is 5.99. The fraction of sp³-hybridized carbons (Fsp3) is 0.429. The van der Waals surface area contributed by atoms with Crippen molar-refractivity contribution in [2.45, 2.75) is 75.4 Å². The third kappa shape index (κ3) is 5.03. The molecule has 4 heterocycles. The Labute approximate surface area is 257 Å². The number of nitrogens with zero attached hydrogens (tertiary/aromatic N) is 5. The van der Waals surface area contributed by atoms with E-state index in [1.54, 1.807) is 0 Å². The molecule has 9 heteroatoms. The summed E-state index contributed by atoms with van der Waals surface area (Å²) < 4.78 is 2.49. The maximum absolute atomic E-state index is 13.4. The van der Waals surface area contributed by atoms with E-state index in [4.69, 9.17) is 10.7 Å². The van der Waals surface area contributed by atoms with Crippen LogP contribution in [0.4, 0.5) is 11.4 Å². The lowest BCUT2D eigenvalue weighted by Crippen LogP contribution is -2.49. The number of likely N-dealkylation sites (tertiary alicyclic amines) is 1. The van der Waals surface area contributed by atoms with Crippen molar-refractivity contribution in [3.8, 4) is 0 Å². The molecule has 3 fully saturated rings. The topological polar surface area (TPSA) is 111 Å². The highest BCUT2D eigenvalue weighted by atomic mass is 16.6. The molecular formula is C35H40N6O3. The summed E-state index contributed by atoms with van der Waals surface area (Å²) in [7, 11) is 0. The SMILES string of the molecule is Cc1nc2ccccc2n1C1C[C@H]2CC[C@@H](C1)N2CCC1(c2ccccc2)CCN(C(=O)c2ccc([N+](=O)[O-])cc2N)CC1. The molecule has 0 saturated carbocycles. The van der Waals surface area contributed by atoms with Gasteiger partial charge in [0.15, 0.2) is 0 Å². The number of anilines is 1. The summed E-state index contributed by atoms with van der Waals surface area (Å²) in [4.78, 5) is 33.6. The second kappa shape index (κ2) is 11.4. The van der Waals surface area contributed by atoms with Crippen LogP contribution in [0.5, 0.6) is 0 Å². The molecule has 1 unspecified atom stereocenters. The molecule has 44 heavy (non-hydrogen) atoms. The standard InChI is InChI=1S/C35H40N6O3/c1-24-37-32-9-5-6-10-33(32)40(24)29-21-26-11-12-27(22-29)39(26)20-17-35(25-7-3-2-4-8-25)15-18-38(19-16-35)34(42)30-14-13-28(41(43)44)23-31(30)36/h2-10,13-14,23,26-27,29H,11-12,15-22,36H2,1H3/t26-,27+,29?. The fourth-order valence-corrected chi connectivity index (χ4v) is 8.43. The number of imidazole rings is 1. The van der Waals surface area contributed by atoms with E-state index >= 15 is 0 Å². The van der Waals surface area contributed by atoms with Crippen LogP contribution in [0.15, 0.2) is 72.8 Å². The molecule has 228 valence electrons. The molecule has 7 rings (SSSR count). The molecule has 3 aliphatic heterocycles. The van der Waals surface area contributed by atoms with Gasteiger partial charge in [-0.1, -0.05) is 42.5 Å². The Balaban J connectivity index is 1.06. The highest BCUT2D eigenvalue weighted by Gasteiger charge is 2.44. The van der Waals surface area contributed by atoms with E-state index < -0.39 is 4.92 Å². The monoisotopic (exact) mass is 592 g/mol. The number of nitrogen functional groups attached to an aromatic ring is 1. The lowest BCUT2D eigenvalue weighted by molar-refractivity contribution is -0.384. The average Bonchev–Trinajstić information content (AvgIpc) is 3.50. The van der Waals surface area contributed by atoms with Gasteiger partial charge in [-0.15, -0.1) is 0 Å². The maximum Gasteiger partial charge on any atom is 0.271 e. The van der Waals surface area contributed by atoms with Gasteiger partial charge < -0.3 is 15.2 Å². The van der Waals surface area contributed by atoms with Crippen LogP contribution in [0.2, 0.25) is 0 Å². The van der Waals surface area contributed by atoms with E-state index in [2.05, 4.69) is 71.0 Å². The van der Waals surface area contributed by atoms with Crippen molar-refractivity contribution in [1.82, 2.24) is 19.4 Å². The number of amides is 1. The van der Waals surface area contributed by atoms with Crippen LogP contribution >= 0.6 is 0 Å². The smallest absolute Gasteiger partial charge is 0.271 e. The van der Waals surface area contributed by atoms with Crippen LogP contribution in [0.25, 0.3) is 11.0 Å². The zero-order valence-electron chi connectivity index (χ0n) is 25.3. The summed E-state index contributed by atoms with van der Waals surface area (Å²) >= 11 is 0. The molecule has 3 atom stereocenters. The van der Waals surface area contributed by atoms with Gasteiger partial charge in [-0.05, 0) is 87.6 Å². The summed E-state index contributed by atoms with van der Waals surface area (Å²) in [6, 6.07) is 25.1. The number of fused-ring (bicyclic) bond motifs is 3. The molecule has 9 nitrogen and oxygen atoms in total. The number of aromatic nitrogens is 2. The largest absolute Gasteiger partial charge is 0.398 e. The lowest BCUT2D eigenvalue weighted by atomic mass is 9.70. The number of piperidine rings is 2. The number of nitro groups is 1. The van der Waals surface area contributed by atoms with Gasteiger partial charge in [0.1, 0.15) is 5.82 Å². The number of carbonyl (C=O) groups is 1. The normalized spacial score (nSPS) is 23.2. The minimum absolute atomic E-state index is 0.00745. The molecule has 3 saturated heterocycles. The fourth-order valence-electron chi connectivity index (χ4n) is 8.43. The van der Waals surface area contributed by atoms with E-state index in [1.807, 2.05) is 4.90 Å². The molecule has 0 aliphatic carbocycles. The van der Waals surface area contributed by atoms with Gasteiger partial charge in [0.25, 0.3) is 11.6 Å². The predicted molar refractivity (Wildman–Crippen MR) is 172 cm³/mol. The number of hydrogen-bond donors (Lipinski definition) is 1. The predicted octanol–water partition coefficient (Wildman–Crippen LogP) is 6.27. The minimum atomic E-state index is -0.491. The zero-order chi connectivity index (χ0) is 30.4. The number of rotatable bonds is 7. The van der Waals surface area contributed by atoms with Crippen molar-refractivity contribution >= 4 is 28.3 Å². The number of para-hydroxylation sites is 2. The Morgan fingerprint density at radius 3 is 2.34 bits per heavy atom. The first kappa shape index (κ1) is 28.5. The Hall–Kier alpha value is -4.24. The molecule has 1 amide bonds. The number of benzene rings is 3. The third-order valence-corrected chi connectivity index (χ3v) is 10.7. The van der Waals surface area contributed by atoms with Crippen molar-refractivity contribution in [2.24, 2.45) is 0 Å². The molecule has 4 aromatic rings. The van der Waals surface area contributed by atoms with Gasteiger partial charge in [-0.3, -0.25) is 19.8 Å². The maximum atomic E-state index is 13.4. The second-order valence-electron chi connectivity index (χ2n) is 13.0. The minimum Gasteiger partial charge on any atom is -0.398 e. The molecule has 3 aromatic carbocycles. The van der Waals surface area contributed by atoms with Crippen molar-refractivity contribution in [2.75, 3.05) is 25.4 Å². The Bertz CT molecular complexity index is 1680. The Morgan fingerprint density at radius 2 is 1.66 bits per heavy atom. The van der Waals surface area contributed by atoms with Crippen LogP contribution in [0.1, 0.15) is 72.7 Å². The number of aryl methyl sites for hydroxylation is 1. The molecule has 2 N–H and O–H groups in total. The summed E-state index contributed by atoms with van der Waals surface area (Å²) in [5, 5.41) is 11.1. The van der Waals surface area contributed by atoms with Crippen LogP contribution < -0.4 is 5.73 Å². The lowest BCUT2D eigenvalue weighted by Gasteiger charge is -2.45. The van der Waals surface area contributed by atoms with Crippen LogP contribution in [-0.4, -0.2) is 61.9 Å². The summed E-state index contributed by atoms with van der Waals surface area (Å²) in [5.74, 6) is 0.963. The molecule has 3 aliphatic rings. The second-order valence-corrected chi connectivity index (χ2v) is 13.0.